The van der Waals surface area contributed by atoms with Crippen LogP contribution < -0.4 is 15.6 Å². The van der Waals surface area contributed by atoms with Crippen molar-refractivity contribution in [2.45, 2.75) is 6.04 Å². The van der Waals surface area contributed by atoms with Gasteiger partial charge in [0.25, 0.3) is 0 Å². The normalized spacial score (nSPS) is 18.7. The van der Waals surface area contributed by atoms with Crippen LogP contribution in [0.25, 0.3) is 0 Å². The Bertz CT molecular complexity index is 955. The SMILES string of the molecule is C=C1Nc2nnnn2C(c2ccc(Br)cc2)C1C(=O)Nc1ccc[nH+]c1. The zero-order chi connectivity index (χ0) is 18.1. The molecule has 0 bridgehead atoms. The minimum atomic E-state index is -0.590. The summed E-state index contributed by atoms with van der Waals surface area (Å²) in [6.07, 6.45) is 3.49. The summed E-state index contributed by atoms with van der Waals surface area (Å²) in [6.45, 7) is 4.03. The summed E-state index contributed by atoms with van der Waals surface area (Å²) in [5, 5.41) is 17.7. The summed E-state index contributed by atoms with van der Waals surface area (Å²) in [6, 6.07) is 10.9. The number of amides is 1. The average molecular weight is 413 g/mol. The number of halogens is 1. The van der Waals surface area contributed by atoms with Crippen LogP contribution in [0.4, 0.5) is 11.6 Å². The molecule has 2 atom stereocenters. The number of aromatic amines is 1. The van der Waals surface area contributed by atoms with E-state index in [9.17, 15) is 4.79 Å². The van der Waals surface area contributed by atoms with Gasteiger partial charge in [-0.05, 0) is 34.2 Å². The quantitative estimate of drug-likeness (QED) is 0.685. The lowest BCUT2D eigenvalue weighted by Crippen LogP contribution is -2.39. The van der Waals surface area contributed by atoms with Crippen molar-refractivity contribution in [3.8, 4) is 0 Å². The first-order chi connectivity index (χ1) is 12.6. The molecule has 0 spiro atoms. The topological polar surface area (TPSA) is 98.9 Å². The van der Waals surface area contributed by atoms with E-state index in [2.05, 4.69) is 53.7 Å². The molecule has 0 aliphatic carbocycles. The van der Waals surface area contributed by atoms with Crippen LogP contribution in [0.2, 0.25) is 0 Å². The zero-order valence-electron chi connectivity index (χ0n) is 13.6. The van der Waals surface area contributed by atoms with E-state index in [1.54, 1.807) is 17.1 Å². The fourth-order valence-electron chi connectivity index (χ4n) is 3.00. The van der Waals surface area contributed by atoms with Gasteiger partial charge in [-0.25, -0.2) is 9.67 Å². The van der Waals surface area contributed by atoms with Gasteiger partial charge in [0.05, 0.1) is 6.04 Å². The molecule has 0 saturated carbocycles. The fraction of sp³-hybridized carbons (Fsp3) is 0.118. The number of H-pyrrole nitrogens is 1. The smallest absolute Gasteiger partial charge is 0.247 e. The van der Waals surface area contributed by atoms with Crippen molar-refractivity contribution >= 4 is 33.5 Å². The van der Waals surface area contributed by atoms with Gasteiger partial charge >= 0.3 is 0 Å². The molecule has 1 aliphatic heterocycles. The number of nitrogens with zero attached hydrogens (tertiary/aromatic N) is 4. The van der Waals surface area contributed by atoms with Crippen LogP contribution in [0.5, 0.6) is 0 Å². The fourth-order valence-corrected chi connectivity index (χ4v) is 3.27. The Morgan fingerprint density at radius 1 is 1.31 bits per heavy atom. The van der Waals surface area contributed by atoms with Gasteiger partial charge in [-0.1, -0.05) is 39.7 Å². The van der Waals surface area contributed by atoms with Gasteiger partial charge < -0.3 is 10.6 Å². The molecule has 4 rings (SSSR count). The monoisotopic (exact) mass is 412 g/mol. The third kappa shape index (κ3) is 2.97. The molecule has 3 aromatic rings. The van der Waals surface area contributed by atoms with Crippen molar-refractivity contribution in [1.29, 1.82) is 0 Å². The highest BCUT2D eigenvalue weighted by atomic mass is 79.9. The molecule has 130 valence electrons. The van der Waals surface area contributed by atoms with E-state index < -0.39 is 12.0 Å². The van der Waals surface area contributed by atoms with Gasteiger partial charge in [-0.2, -0.15) is 0 Å². The second kappa shape index (κ2) is 6.68. The summed E-state index contributed by atoms with van der Waals surface area (Å²) in [5.41, 5.74) is 2.11. The number of nitrogens with one attached hydrogen (secondary N) is 3. The second-order valence-electron chi connectivity index (χ2n) is 5.85. The third-order valence-electron chi connectivity index (χ3n) is 4.19. The molecule has 1 aromatic carbocycles. The lowest BCUT2D eigenvalue weighted by molar-refractivity contribution is -0.377. The Balaban J connectivity index is 1.74. The molecular weight excluding hydrogens is 398 g/mol. The number of fused-ring (bicyclic) bond motifs is 1. The van der Waals surface area contributed by atoms with Crippen LogP contribution in [-0.4, -0.2) is 26.1 Å². The van der Waals surface area contributed by atoms with E-state index in [1.807, 2.05) is 36.4 Å². The van der Waals surface area contributed by atoms with Crippen molar-refractivity contribution in [3.05, 3.63) is 71.1 Å². The highest BCUT2D eigenvalue weighted by Crippen LogP contribution is 2.37. The lowest BCUT2D eigenvalue weighted by atomic mass is 9.88. The van der Waals surface area contributed by atoms with Crippen molar-refractivity contribution in [2.24, 2.45) is 5.92 Å². The highest BCUT2D eigenvalue weighted by molar-refractivity contribution is 9.10. The number of hydrogen-bond donors (Lipinski definition) is 2. The molecule has 0 radical (unpaired) electrons. The minimum Gasteiger partial charge on any atom is -0.326 e. The molecule has 26 heavy (non-hydrogen) atoms. The Kier molecular flexibility index (Phi) is 4.21. The Labute approximate surface area is 157 Å². The highest BCUT2D eigenvalue weighted by Gasteiger charge is 2.40. The van der Waals surface area contributed by atoms with E-state index in [1.165, 1.54) is 0 Å². The van der Waals surface area contributed by atoms with Crippen LogP contribution in [0.1, 0.15) is 11.6 Å². The molecule has 2 aromatic heterocycles. The van der Waals surface area contributed by atoms with Gasteiger partial charge in [0.1, 0.15) is 11.6 Å². The van der Waals surface area contributed by atoms with E-state index in [0.717, 1.165) is 10.0 Å². The summed E-state index contributed by atoms with van der Waals surface area (Å²) in [4.78, 5) is 16.0. The van der Waals surface area contributed by atoms with Crippen molar-refractivity contribution in [2.75, 3.05) is 10.6 Å². The molecule has 2 unspecified atom stereocenters. The zero-order valence-corrected chi connectivity index (χ0v) is 15.1. The van der Waals surface area contributed by atoms with Gasteiger partial charge in [0.2, 0.25) is 11.9 Å². The molecule has 8 nitrogen and oxygen atoms in total. The van der Waals surface area contributed by atoms with Crippen LogP contribution in [-0.2, 0) is 4.79 Å². The molecule has 9 heteroatoms. The third-order valence-corrected chi connectivity index (χ3v) is 4.72. The van der Waals surface area contributed by atoms with Gasteiger partial charge in [-0.15, -0.1) is 0 Å². The molecule has 3 N–H and O–H groups in total. The number of anilines is 2. The number of aromatic nitrogens is 5. The van der Waals surface area contributed by atoms with Crippen LogP contribution in [0.15, 0.2) is 65.5 Å². The summed E-state index contributed by atoms with van der Waals surface area (Å²) in [7, 11) is 0. The maximum atomic E-state index is 13.0. The van der Waals surface area contributed by atoms with E-state index in [-0.39, 0.29) is 5.91 Å². The Morgan fingerprint density at radius 2 is 2.12 bits per heavy atom. The second-order valence-corrected chi connectivity index (χ2v) is 6.77. The number of carbonyl (C=O) groups excluding carboxylic acids is 1. The van der Waals surface area contributed by atoms with Crippen LogP contribution >= 0.6 is 15.9 Å². The van der Waals surface area contributed by atoms with Crippen molar-refractivity contribution < 1.29 is 9.78 Å². The molecule has 1 amide bonds. The number of tetrazole rings is 1. The Morgan fingerprint density at radius 3 is 2.85 bits per heavy atom. The molecular formula is C17H15BrN7O+. The predicted molar refractivity (Wildman–Crippen MR) is 98.0 cm³/mol. The van der Waals surface area contributed by atoms with E-state index in [4.69, 9.17) is 0 Å². The van der Waals surface area contributed by atoms with Gasteiger partial charge in [0, 0.05) is 16.2 Å². The maximum absolute atomic E-state index is 13.0. The van der Waals surface area contributed by atoms with Crippen molar-refractivity contribution in [1.82, 2.24) is 20.2 Å². The number of carbonyl (C=O) groups is 1. The van der Waals surface area contributed by atoms with Crippen LogP contribution in [0.3, 0.4) is 0 Å². The minimum absolute atomic E-state index is 0.198. The van der Waals surface area contributed by atoms with Gasteiger partial charge in [-0.3, -0.25) is 4.79 Å². The predicted octanol–water partition coefficient (Wildman–Crippen LogP) is 2.03. The maximum Gasteiger partial charge on any atom is 0.247 e. The molecule has 3 heterocycles. The number of hydrogen-bond acceptors (Lipinski definition) is 5. The van der Waals surface area contributed by atoms with Crippen molar-refractivity contribution in [3.63, 3.8) is 0 Å². The van der Waals surface area contributed by atoms with E-state index >= 15 is 0 Å². The number of benzene rings is 1. The molecule has 0 fully saturated rings. The lowest BCUT2D eigenvalue weighted by Gasteiger charge is -2.33. The molecule has 1 aliphatic rings. The largest absolute Gasteiger partial charge is 0.326 e. The Hall–Kier alpha value is -3.07. The van der Waals surface area contributed by atoms with Crippen LogP contribution in [0, 0.1) is 5.92 Å². The first-order valence-corrected chi connectivity index (χ1v) is 8.69. The van der Waals surface area contributed by atoms with E-state index in [0.29, 0.717) is 17.3 Å². The average Bonchev–Trinajstić information content (AvgIpc) is 3.10. The first kappa shape index (κ1) is 16.4. The summed E-state index contributed by atoms with van der Waals surface area (Å²) in [5.74, 6) is -0.330. The van der Waals surface area contributed by atoms with Gasteiger partial charge in [0.15, 0.2) is 12.4 Å². The molecule has 0 saturated heterocycles. The summed E-state index contributed by atoms with van der Waals surface area (Å²) < 4.78 is 2.56. The standard InChI is InChI=1S/C17H14BrN7O/c1-10-14(16(26)21-13-3-2-8-19-9-13)15(11-4-6-12(18)7-5-11)25-17(20-10)22-23-24-25/h2-9,14-15H,1H2,(H,21,26)(H,20,22,24)/p+1. The summed E-state index contributed by atoms with van der Waals surface area (Å²) >= 11 is 3.43. The number of rotatable bonds is 3. The number of pyridine rings is 1. The first-order valence-electron chi connectivity index (χ1n) is 7.89.